The number of pyridine rings is 1. The van der Waals surface area contributed by atoms with Gasteiger partial charge >= 0.3 is 0 Å². The molecule has 0 radical (unpaired) electrons. The van der Waals surface area contributed by atoms with Crippen LogP contribution in [0.25, 0.3) is 33.2 Å². The van der Waals surface area contributed by atoms with Crippen LogP contribution in [-0.4, -0.2) is 4.98 Å². The maximum Gasteiger partial charge on any atom is 0.135 e. The summed E-state index contributed by atoms with van der Waals surface area (Å²) in [7, 11) is 0. The average molecular weight is 311 g/mol. The smallest absolute Gasteiger partial charge is 0.135 e. The summed E-state index contributed by atoms with van der Waals surface area (Å²) in [5.41, 5.74) is 7.22. The lowest BCUT2D eigenvalue weighted by atomic mass is 9.92. The van der Waals surface area contributed by atoms with Gasteiger partial charge in [-0.25, -0.2) is 0 Å². The maximum atomic E-state index is 5.94. The second-order valence-electron chi connectivity index (χ2n) is 7.21. The van der Waals surface area contributed by atoms with Gasteiger partial charge in [0.25, 0.3) is 0 Å². The molecule has 2 heterocycles. The van der Waals surface area contributed by atoms with E-state index >= 15 is 0 Å². The molecule has 1 saturated carbocycles. The lowest BCUT2D eigenvalue weighted by molar-refractivity contribution is 0.669. The van der Waals surface area contributed by atoms with Crippen LogP contribution in [0.4, 0.5) is 0 Å². The Morgan fingerprint density at radius 3 is 2.62 bits per heavy atom. The van der Waals surface area contributed by atoms with E-state index in [1.54, 1.807) is 5.56 Å². The molecule has 2 atom stereocenters. The van der Waals surface area contributed by atoms with Crippen LogP contribution in [0.3, 0.4) is 0 Å². The van der Waals surface area contributed by atoms with Crippen molar-refractivity contribution < 1.29 is 4.42 Å². The Bertz CT molecular complexity index is 1110. The molecule has 2 aromatic carbocycles. The molecule has 2 aromatic heterocycles. The van der Waals surface area contributed by atoms with Gasteiger partial charge in [0.05, 0.1) is 5.69 Å². The van der Waals surface area contributed by atoms with Gasteiger partial charge < -0.3 is 4.42 Å². The topological polar surface area (TPSA) is 26.0 Å². The summed E-state index contributed by atoms with van der Waals surface area (Å²) in [5.74, 6) is 1.54. The number of benzene rings is 2. The highest BCUT2D eigenvalue weighted by atomic mass is 16.3. The van der Waals surface area contributed by atoms with E-state index in [2.05, 4.69) is 42.6 Å². The van der Waals surface area contributed by atoms with Crippen molar-refractivity contribution >= 4 is 21.9 Å². The summed E-state index contributed by atoms with van der Waals surface area (Å²) in [6.45, 7) is 0. The van der Waals surface area contributed by atoms with Crippen molar-refractivity contribution in [3.63, 3.8) is 0 Å². The number of fused-ring (bicyclic) bond motifs is 8. The van der Waals surface area contributed by atoms with Gasteiger partial charge in [-0.15, -0.1) is 0 Å². The minimum atomic E-state index is 0.769. The zero-order valence-corrected chi connectivity index (χ0v) is 13.3. The van der Waals surface area contributed by atoms with Gasteiger partial charge in [-0.2, -0.15) is 0 Å². The largest absolute Gasteiger partial charge is 0.456 e. The first-order chi connectivity index (χ1) is 11.9. The fourth-order valence-electron chi connectivity index (χ4n) is 4.77. The summed E-state index contributed by atoms with van der Waals surface area (Å²) in [5, 5.41) is 2.35. The molecule has 0 saturated heterocycles. The monoisotopic (exact) mass is 311 g/mol. The highest BCUT2D eigenvalue weighted by Crippen LogP contribution is 2.53. The molecule has 2 heteroatoms. The molecule has 4 aromatic rings. The first-order valence-electron chi connectivity index (χ1n) is 8.78. The van der Waals surface area contributed by atoms with Crippen molar-refractivity contribution in [3.05, 3.63) is 65.9 Å². The number of nitrogens with zero attached hydrogens (tertiary/aromatic N) is 1. The molecule has 2 aliphatic carbocycles. The highest BCUT2D eigenvalue weighted by Gasteiger charge is 2.37. The third-order valence-electron chi connectivity index (χ3n) is 5.95. The molecular weight excluding hydrogens is 294 g/mol. The molecule has 24 heavy (non-hydrogen) atoms. The van der Waals surface area contributed by atoms with Crippen LogP contribution in [0.2, 0.25) is 0 Å². The van der Waals surface area contributed by atoms with Crippen LogP contribution >= 0.6 is 0 Å². The highest BCUT2D eigenvalue weighted by molar-refractivity contribution is 6.06. The van der Waals surface area contributed by atoms with Crippen molar-refractivity contribution in [2.75, 3.05) is 0 Å². The second-order valence-corrected chi connectivity index (χ2v) is 7.21. The van der Waals surface area contributed by atoms with Gasteiger partial charge in [0.15, 0.2) is 0 Å². The van der Waals surface area contributed by atoms with E-state index in [-0.39, 0.29) is 0 Å². The fourth-order valence-corrected chi connectivity index (χ4v) is 4.77. The quantitative estimate of drug-likeness (QED) is 0.430. The molecule has 2 nitrogen and oxygen atoms in total. The summed E-state index contributed by atoms with van der Waals surface area (Å²) >= 11 is 0. The summed E-state index contributed by atoms with van der Waals surface area (Å²) < 4.78 is 5.94. The fraction of sp³-hybridized carbons (Fsp3) is 0.227. The molecule has 2 bridgehead atoms. The Kier molecular flexibility index (Phi) is 2.38. The molecule has 116 valence electrons. The zero-order valence-electron chi connectivity index (χ0n) is 13.3. The number of para-hydroxylation sites is 1. The predicted octanol–water partition coefficient (Wildman–Crippen LogP) is 6.01. The lowest BCUT2D eigenvalue weighted by Gasteiger charge is -2.15. The average Bonchev–Trinajstić information content (AvgIpc) is 3.34. The zero-order chi connectivity index (χ0) is 15.7. The Hall–Kier alpha value is -2.61. The van der Waals surface area contributed by atoms with E-state index < -0.39 is 0 Å². The third kappa shape index (κ3) is 1.63. The predicted molar refractivity (Wildman–Crippen MR) is 96.3 cm³/mol. The van der Waals surface area contributed by atoms with Gasteiger partial charge in [-0.1, -0.05) is 18.2 Å². The number of hydrogen-bond acceptors (Lipinski definition) is 2. The van der Waals surface area contributed by atoms with E-state index in [9.17, 15) is 0 Å². The van der Waals surface area contributed by atoms with Gasteiger partial charge in [-0.3, -0.25) is 4.98 Å². The molecule has 2 aliphatic rings. The van der Waals surface area contributed by atoms with E-state index in [1.807, 2.05) is 12.1 Å². The Balaban J connectivity index is 1.54. The Morgan fingerprint density at radius 1 is 0.833 bits per heavy atom. The summed E-state index contributed by atoms with van der Waals surface area (Å²) in [6, 6.07) is 17.0. The van der Waals surface area contributed by atoms with Gasteiger partial charge in [0.2, 0.25) is 0 Å². The molecule has 0 spiro atoms. The van der Waals surface area contributed by atoms with Crippen LogP contribution in [0.5, 0.6) is 0 Å². The van der Waals surface area contributed by atoms with Crippen molar-refractivity contribution in [2.45, 2.75) is 31.1 Å². The Morgan fingerprint density at radius 2 is 1.67 bits per heavy atom. The van der Waals surface area contributed by atoms with Crippen LogP contribution in [0.15, 0.2) is 59.1 Å². The second kappa shape index (κ2) is 4.47. The summed E-state index contributed by atoms with van der Waals surface area (Å²) in [6.07, 6.45) is 6.18. The van der Waals surface area contributed by atoms with Gasteiger partial charge in [-0.05, 0) is 72.6 Å². The first-order valence-corrected chi connectivity index (χ1v) is 8.78. The van der Waals surface area contributed by atoms with Crippen molar-refractivity contribution in [1.82, 2.24) is 4.98 Å². The van der Waals surface area contributed by atoms with Crippen LogP contribution in [0, 0.1) is 0 Å². The normalized spacial score (nSPS) is 21.7. The van der Waals surface area contributed by atoms with Gasteiger partial charge in [0, 0.05) is 22.5 Å². The molecule has 0 N–H and O–H groups in total. The van der Waals surface area contributed by atoms with Crippen LogP contribution in [-0.2, 0) is 0 Å². The standard InChI is InChI=1S/C22H17NO/c1-2-4-21-16(3-1)18-10-15(7-8-22(18)24-21)20-11-17-13-5-6-14(9-13)19(17)12-23-20/h1-4,7-8,10-14H,5-6,9H2. The molecule has 2 unspecified atom stereocenters. The molecule has 0 amide bonds. The number of furan rings is 1. The Labute approximate surface area is 140 Å². The number of rotatable bonds is 1. The SMILES string of the molecule is c1ccc2c(c1)oc1ccc(-c3cc4c(cn3)C3CCC4C3)cc12. The van der Waals surface area contributed by atoms with E-state index in [4.69, 9.17) is 9.40 Å². The van der Waals surface area contributed by atoms with Gasteiger partial charge in [0.1, 0.15) is 11.2 Å². The minimum absolute atomic E-state index is 0.769. The van der Waals surface area contributed by atoms with Crippen molar-refractivity contribution in [3.8, 4) is 11.3 Å². The number of aromatic nitrogens is 1. The minimum Gasteiger partial charge on any atom is -0.456 e. The number of hydrogen-bond donors (Lipinski definition) is 0. The molecular formula is C22H17NO. The molecule has 0 aliphatic heterocycles. The van der Waals surface area contributed by atoms with E-state index in [1.165, 1.54) is 41.2 Å². The molecule has 1 fully saturated rings. The van der Waals surface area contributed by atoms with Crippen LogP contribution < -0.4 is 0 Å². The molecule has 6 rings (SSSR count). The maximum absolute atomic E-state index is 5.94. The third-order valence-corrected chi connectivity index (χ3v) is 5.95. The van der Waals surface area contributed by atoms with Crippen LogP contribution in [0.1, 0.15) is 42.2 Å². The first kappa shape index (κ1) is 12.8. The van der Waals surface area contributed by atoms with E-state index in [0.717, 1.165) is 28.7 Å². The lowest BCUT2D eigenvalue weighted by Crippen LogP contribution is -1.99. The van der Waals surface area contributed by atoms with Crippen molar-refractivity contribution in [2.24, 2.45) is 0 Å². The summed E-state index contributed by atoms with van der Waals surface area (Å²) in [4.78, 5) is 4.78. The van der Waals surface area contributed by atoms with Crippen molar-refractivity contribution in [1.29, 1.82) is 0 Å². The van der Waals surface area contributed by atoms with E-state index in [0.29, 0.717) is 0 Å².